The molecule has 10 heteroatoms. The van der Waals surface area contributed by atoms with E-state index in [2.05, 4.69) is 77.7 Å². The van der Waals surface area contributed by atoms with Gasteiger partial charge in [-0.1, -0.05) is 80.8 Å². The molecule has 1 aliphatic heterocycles. The third kappa shape index (κ3) is 9.43. The number of H-pyrrole nitrogens is 1. The van der Waals surface area contributed by atoms with Crippen molar-refractivity contribution >= 4 is 29.7 Å². The van der Waals surface area contributed by atoms with E-state index in [9.17, 15) is 9.59 Å². The predicted molar refractivity (Wildman–Crippen MR) is 173 cm³/mol. The minimum Gasteiger partial charge on any atom is -0.359 e. The molecule has 1 N–H and O–H groups in total. The van der Waals surface area contributed by atoms with Crippen LogP contribution >= 0.6 is 29.7 Å². The summed E-state index contributed by atoms with van der Waals surface area (Å²) in [5.74, 6) is 0.0877. The number of benzene rings is 1. The number of aromatic amines is 1. The molecule has 3 rings (SSSR count). The number of aromatic nitrogens is 2. The lowest BCUT2D eigenvalue weighted by atomic mass is 10.00. The van der Waals surface area contributed by atoms with Crippen LogP contribution in [0.2, 0.25) is 0 Å². The van der Waals surface area contributed by atoms with Crippen LogP contribution in [0.4, 0.5) is 4.39 Å². The van der Waals surface area contributed by atoms with Crippen LogP contribution in [0.5, 0.6) is 0 Å². The average molecular weight is 628 g/mol. The van der Waals surface area contributed by atoms with Gasteiger partial charge in [0, 0.05) is 49.2 Å². The van der Waals surface area contributed by atoms with Gasteiger partial charge in [0.2, 0.25) is 0 Å². The molecule has 0 radical (unpaired) electrons. The van der Waals surface area contributed by atoms with E-state index < -0.39 is 43.8 Å². The smallest absolute Gasteiger partial charge is 0.330 e. The van der Waals surface area contributed by atoms with Crippen molar-refractivity contribution in [1.82, 2.24) is 9.55 Å². The number of ether oxygens (including phenoxy) is 1. The van der Waals surface area contributed by atoms with Gasteiger partial charge in [-0.05, 0) is 57.1 Å². The molecule has 1 fully saturated rings. The maximum atomic E-state index is 16.0. The van der Waals surface area contributed by atoms with Gasteiger partial charge in [-0.3, -0.25) is 14.3 Å². The molecule has 0 spiro atoms. The van der Waals surface area contributed by atoms with E-state index >= 15 is 4.39 Å². The van der Waals surface area contributed by atoms with Crippen molar-refractivity contribution < 1.29 is 15.0 Å². The molecule has 5 atom stereocenters. The Labute approximate surface area is 255 Å². The molecule has 1 aromatic carbocycles. The van der Waals surface area contributed by atoms with Crippen molar-refractivity contribution in [1.29, 1.82) is 0 Å². The molecule has 6 nitrogen and oxygen atoms in total. The van der Waals surface area contributed by atoms with E-state index in [1.54, 1.807) is 0 Å². The Balaban J connectivity index is 1.77. The fourth-order valence-corrected chi connectivity index (χ4v) is 11.3. The largest absolute Gasteiger partial charge is 0.359 e. The summed E-state index contributed by atoms with van der Waals surface area (Å²) in [6, 6.07) is 9.66. The number of rotatable bonds is 15. The minimum absolute atomic E-state index is 0.118. The summed E-state index contributed by atoms with van der Waals surface area (Å²) in [6.07, 6.45) is 1.44. The Kier molecular flexibility index (Phi) is 12.4. The molecule has 41 heavy (non-hydrogen) atoms. The van der Waals surface area contributed by atoms with Gasteiger partial charge in [0.05, 0.1) is 12.7 Å². The fourth-order valence-electron chi connectivity index (χ4n) is 5.61. The maximum Gasteiger partial charge on any atom is 0.330 e. The van der Waals surface area contributed by atoms with Crippen LogP contribution in [0.15, 0.2) is 51.0 Å². The molecule has 0 aliphatic carbocycles. The highest BCUT2D eigenvalue weighted by Crippen LogP contribution is 2.54. The Morgan fingerprint density at radius 2 is 1.90 bits per heavy atom. The number of halogens is 1. The SMILES string of the molecule is [2H]CC1OC(n2ccc(=O)[nH]c2=O)C(F)C1CP(OCCc1ccccc1SSC(C)(C)CCC)C(C(C)C)C(C)C. The second-order valence-corrected chi connectivity index (χ2v) is 17.1. The molecule has 230 valence electrons. The molecule has 1 aliphatic rings. The summed E-state index contributed by atoms with van der Waals surface area (Å²) in [5.41, 5.74) is 0.226. The number of hydrogen-bond donors (Lipinski definition) is 1. The molecule has 0 bridgehead atoms. The third-order valence-corrected chi connectivity index (χ3v) is 14.1. The number of alkyl halides is 1. The monoisotopic (exact) mass is 627 g/mol. The van der Waals surface area contributed by atoms with Gasteiger partial charge in [-0.2, -0.15) is 0 Å². The first-order valence-corrected chi connectivity index (χ1v) is 18.3. The van der Waals surface area contributed by atoms with Crippen molar-refractivity contribution in [2.75, 3.05) is 12.8 Å². The Morgan fingerprint density at radius 3 is 2.54 bits per heavy atom. The van der Waals surface area contributed by atoms with Crippen LogP contribution in [-0.4, -0.2) is 45.0 Å². The molecule has 1 aromatic heterocycles. The van der Waals surface area contributed by atoms with Crippen LogP contribution in [0, 0.1) is 17.8 Å². The van der Waals surface area contributed by atoms with Crippen LogP contribution in [0.1, 0.15) is 81.4 Å². The van der Waals surface area contributed by atoms with Crippen molar-refractivity contribution in [2.45, 2.75) is 108 Å². The van der Waals surface area contributed by atoms with E-state index in [1.807, 2.05) is 21.6 Å². The topological polar surface area (TPSA) is 73.3 Å². The van der Waals surface area contributed by atoms with E-state index in [4.69, 9.17) is 10.6 Å². The van der Waals surface area contributed by atoms with Gasteiger partial charge in [0.25, 0.3) is 5.56 Å². The van der Waals surface area contributed by atoms with Crippen molar-refractivity contribution in [3.63, 3.8) is 0 Å². The summed E-state index contributed by atoms with van der Waals surface area (Å²) in [5, 5.41) is 0. The van der Waals surface area contributed by atoms with Gasteiger partial charge < -0.3 is 9.26 Å². The zero-order valence-electron chi connectivity index (χ0n) is 26.5. The second kappa shape index (κ2) is 15.6. The predicted octanol–water partition coefficient (Wildman–Crippen LogP) is 8.06. The lowest BCUT2D eigenvalue weighted by molar-refractivity contribution is -0.0155. The lowest BCUT2D eigenvalue weighted by Crippen LogP contribution is -2.35. The Hall–Kier alpha value is -1.12. The molecular weight excluding hydrogens is 578 g/mol. The number of nitrogens with one attached hydrogen (secondary N) is 1. The highest BCUT2D eigenvalue weighted by molar-refractivity contribution is 8.77. The lowest BCUT2D eigenvalue weighted by Gasteiger charge is -2.35. The van der Waals surface area contributed by atoms with Crippen molar-refractivity contribution in [3.8, 4) is 0 Å². The number of nitrogens with zero attached hydrogens (tertiary/aromatic N) is 1. The summed E-state index contributed by atoms with van der Waals surface area (Å²) in [6.45, 7) is 16.0. The maximum absolute atomic E-state index is 16.0. The van der Waals surface area contributed by atoms with Crippen LogP contribution in [0.3, 0.4) is 0 Å². The van der Waals surface area contributed by atoms with Crippen molar-refractivity contribution in [3.05, 3.63) is 62.9 Å². The summed E-state index contributed by atoms with van der Waals surface area (Å²) in [4.78, 5) is 27.4. The zero-order chi connectivity index (χ0) is 31.0. The van der Waals surface area contributed by atoms with Gasteiger partial charge in [-0.25, -0.2) is 9.18 Å². The Bertz CT molecular complexity index is 1240. The van der Waals surface area contributed by atoms with Crippen LogP contribution < -0.4 is 11.2 Å². The van der Waals surface area contributed by atoms with Crippen LogP contribution in [0.25, 0.3) is 0 Å². The van der Waals surface area contributed by atoms with Gasteiger partial charge in [-0.15, -0.1) is 0 Å². The summed E-state index contributed by atoms with van der Waals surface area (Å²) < 4.78 is 38.1. The quantitative estimate of drug-likeness (QED) is 0.159. The van der Waals surface area contributed by atoms with E-state index in [1.165, 1.54) is 22.7 Å². The van der Waals surface area contributed by atoms with E-state index in [-0.39, 0.29) is 17.3 Å². The summed E-state index contributed by atoms with van der Waals surface area (Å²) in [7, 11) is 2.67. The normalized spacial score (nSPS) is 22.6. The highest BCUT2D eigenvalue weighted by atomic mass is 33.1. The molecular formula is C31H48FN2O4PS2. The first-order chi connectivity index (χ1) is 19.9. The van der Waals surface area contributed by atoms with E-state index in [0.717, 1.165) is 23.8 Å². The van der Waals surface area contributed by atoms with Gasteiger partial charge in [0.1, 0.15) is 0 Å². The minimum atomic E-state index is -1.50. The third-order valence-electron chi connectivity index (χ3n) is 7.50. The zero-order valence-corrected chi connectivity index (χ0v) is 28.0. The second-order valence-electron chi connectivity index (χ2n) is 12.1. The molecule has 0 saturated carbocycles. The first kappa shape index (κ1) is 32.8. The molecule has 2 aromatic rings. The fraction of sp³-hybridized carbons (Fsp3) is 0.677. The van der Waals surface area contributed by atoms with Crippen molar-refractivity contribution in [2.24, 2.45) is 17.8 Å². The Morgan fingerprint density at radius 1 is 1.20 bits per heavy atom. The molecule has 0 amide bonds. The molecule has 2 heterocycles. The highest BCUT2D eigenvalue weighted by Gasteiger charge is 2.46. The van der Waals surface area contributed by atoms with E-state index in [0.29, 0.717) is 24.6 Å². The molecule has 1 saturated heterocycles. The summed E-state index contributed by atoms with van der Waals surface area (Å²) >= 11 is 0. The van der Waals surface area contributed by atoms with Gasteiger partial charge >= 0.3 is 5.69 Å². The number of hydrogen-bond acceptors (Lipinski definition) is 6. The van der Waals surface area contributed by atoms with Gasteiger partial charge in [0.15, 0.2) is 12.4 Å². The van der Waals surface area contributed by atoms with Crippen LogP contribution in [-0.2, 0) is 15.7 Å². The first-order valence-electron chi connectivity index (χ1n) is 15.3. The molecule has 5 unspecified atom stereocenters. The average Bonchev–Trinajstić information content (AvgIpc) is 3.22. The standard InChI is InChI=1S/C31H48FN2O4PS2/c1-9-16-31(7,8)41-40-25-13-11-10-12-23(25)15-18-37-39(28(20(2)3)21(4)5)19-24-22(6)38-29(27(24)32)34-17-14-26(35)33-30(34)36/h10-14,17,20-22,24,27-29H,9,15-16,18-19H2,1-8H3,(H,33,35,36)/i6D.